The minimum Gasteiger partial charge on any atom is -0.481 e. The number of carbonyl (C=O) groups is 1. The third-order valence-corrected chi connectivity index (χ3v) is 3.72. The van der Waals surface area contributed by atoms with Crippen molar-refractivity contribution in [3.8, 4) is 11.1 Å². The Morgan fingerprint density at radius 3 is 2.63 bits per heavy atom. The van der Waals surface area contributed by atoms with Gasteiger partial charge >= 0.3 is 5.97 Å². The van der Waals surface area contributed by atoms with Gasteiger partial charge in [0, 0.05) is 0 Å². The lowest BCUT2D eigenvalue weighted by Crippen LogP contribution is -2.10. The molecule has 0 spiro atoms. The highest BCUT2D eigenvalue weighted by Crippen LogP contribution is 2.40. The molecule has 1 atom stereocenters. The first-order valence-electron chi connectivity index (χ1n) is 6.28. The zero-order valence-corrected chi connectivity index (χ0v) is 10.5. The van der Waals surface area contributed by atoms with E-state index in [2.05, 4.69) is 24.8 Å². The van der Waals surface area contributed by atoms with E-state index in [0.717, 1.165) is 23.1 Å². The lowest BCUT2D eigenvalue weighted by molar-refractivity contribution is -0.137. The number of benzene rings is 2. The van der Waals surface area contributed by atoms with Gasteiger partial charge in [0.2, 0.25) is 0 Å². The van der Waals surface area contributed by atoms with Crippen LogP contribution in [-0.4, -0.2) is 11.1 Å². The molecule has 0 saturated heterocycles. The van der Waals surface area contributed by atoms with E-state index in [1.807, 2.05) is 24.3 Å². The molecule has 2 aromatic rings. The smallest absolute Gasteiger partial charge is 0.314 e. The average Bonchev–Trinajstić information content (AvgIpc) is 2.79. The minimum atomic E-state index is -0.848. The van der Waals surface area contributed by atoms with Gasteiger partial charge in [-0.05, 0) is 34.2 Å². The van der Waals surface area contributed by atoms with Crippen LogP contribution >= 0.6 is 0 Å². The van der Waals surface area contributed by atoms with Gasteiger partial charge in [-0.2, -0.15) is 0 Å². The van der Waals surface area contributed by atoms with Crippen molar-refractivity contribution in [1.29, 1.82) is 0 Å². The van der Waals surface area contributed by atoms with Gasteiger partial charge in [-0.25, -0.2) is 0 Å². The standard InChI is InChI=1S/C17H14O2/c1-2-12(17(18)19)14-8-5-9-15-13-7-4-3-6-11(13)10-16(14)15/h2-9,12H,1,10H2,(H,18,19). The first-order valence-corrected chi connectivity index (χ1v) is 6.28. The second-order valence-corrected chi connectivity index (χ2v) is 4.76. The monoisotopic (exact) mass is 250 g/mol. The van der Waals surface area contributed by atoms with Crippen LogP contribution in [0.25, 0.3) is 11.1 Å². The molecule has 94 valence electrons. The summed E-state index contributed by atoms with van der Waals surface area (Å²) in [5, 5.41) is 9.30. The van der Waals surface area contributed by atoms with Crippen LogP contribution in [0.3, 0.4) is 0 Å². The first-order chi connectivity index (χ1) is 9.22. The van der Waals surface area contributed by atoms with Crippen molar-refractivity contribution < 1.29 is 9.90 Å². The van der Waals surface area contributed by atoms with Gasteiger partial charge in [-0.15, -0.1) is 6.58 Å². The molecule has 0 saturated carbocycles. The molecule has 1 unspecified atom stereocenters. The third kappa shape index (κ3) is 1.76. The summed E-state index contributed by atoms with van der Waals surface area (Å²) in [5.41, 5.74) is 5.61. The first kappa shape index (κ1) is 11.7. The molecule has 0 aliphatic heterocycles. The fourth-order valence-electron chi connectivity index (χ4n) is 2.83. The predicted molar refractivity (Wildman–Crippen MR) is 75.3 cm³/mol. The van der Waals surface area contributed by atoms with Gasteiger partial charge in [0.05, 0.1) is 5.92 Å². The summed E-state index contributed by atoms with van der Waals surface area (Å²) in [6.07, 6.45) is 2.31. The Hall–Kier alpha value is -2.35. The molecule has 0 amide bonds. The fourth-order valence-corrected chi connectivity index (χ4v) is 2.83. The second-order valence-electron chi connectivity index (χ2n) is 4.76. The maximum Gasteiger partial charge on any atom is 0.314 e. The van der Waals surface area contributed by atoms with Crippen LogP contribution in [0.2, 0.25) is 0 Å². The largest absolute Gasteiger partial charge is 0.481 e. The van der Waals surface area contributed by atoms with Gasteiger partial charge < -0.3 is 5.11 Å². The zero-order chi connectivity index (χ0) is 13.4. The Morgan fingerprint density at radius 1 is 1.16 bits per heavy atom. The molecule has 2 aromatic carbocycles. The molecule has 1 aliphatic carbocycles. The van der Waals surface area contributed by atoms with Gasteiger partial charge in [-0.3, -0.25) is 4.79 Å². The fraction of sp³-hybridized carbons (Fsp3) is 0.118. The second kappa shape index (κ2) is 4.39. The van der Waals surface area contributed by atoms with E-state index in [4.69, 9.17) is 0 Å². The van der Waals surface area contributed by atoms with Crippen molar-refractivity contribution in [2.75, 3.05) is 0 Å². The van der Waals surface area contributed by atoms with Crippen LogP contribution < -0.4 is 0 Å². The Labute approximate surface area is 112 Å². The third-order valence-electron chi connectivity index (χ3n) is 3.72. The molecule has 3 rings (SSSR count). The van der Waals surface area contributed by atoms with Crippen LogP contribution in [0.5, 0.6) is 0 Å². The average molecular weight is 250 g/mol. The summed E-state index contributed by atoms with van der Waals surface area (Å²) in [6.45, 7) is 3.65. The zero-order valence-electron chi connectivity index (χ0n) is 10.5. The van der Waals surface area contributed by atoms with E-state index in [9.17, 15) is 9.90 Å². The van der Waals surface area contributed by atoms with E-state index in [1.165, 1.54) is 17.2 Å². The number of rotatable bonds is 3. The van der Waals surface area contributed by atoms with E-state index in [0.29, 0.717) is 0 Å². The predicted octanol–water partition coefficient (Wildman–Crippen LogP) is 3.61. The molecule has 1 N–H and O–H groups in total. The lowest BCUT2D eigenvalue weighted by atomic mass is 9.91. The summed E-state index contributed by atoms with van der Waals surface area (Å²) in [4.78, 5) is 11.3. The van der Waals surface area contributed by atoms with E-state index in [1.54, 1.807) is 0 Å². The molecular weight excluding hydrogens is 236 g/mol. The summed E-state index contributed by atoms with van der Waals surface area (Å²) in [7, 11) is 0. The topological polar surface area (TPSA) is 37.3 Å². The van der Waals surface area contributed by atoms with Crippen LogP contribution in [0.1, 0.15) is 22.6 Å². The quantitative estimate of drug-likeness (QED) is 0.721. The van der Waals surface area contributed by atoms with Crippen molar-refractivity contribution in [3.63, 3.8) is 0 Å². The molecule has 2 nitrogen and oxygen atoms in total. The molecule has 0 radical (unpaired) electrons. The Bertz CT molecular complexity index is 671. The highest BCUT2D eigenvalue weighted by atomic mass is 16.4. The van der Waals surface area contributed by atoms with E-state index in [-0.39, 0.29) is 0 Å². The summed E-state index contributed by atoms with van der Waals surface area (Å²) in [5.74, 6) is -1.48. The van der Waals surface area contributed by atoms with Crippen LogP contribution in [0, 0.1) is 0 Å². The normalized spacial score (nSPS) is 13.5. The van der Waals surface area contributed by atoms with Gasteiger partial charge in [0.25, 0.3) is 0 Å². The Balaban J connectivity index is 2.18. The van der Waals surface area contributed by atoms with E-state index < -0.39 is 11.9 Å². The molecule has 1 aliphatic rings. The summed E-state index contributed by atoms with van der Waals surface area (Å²) >= 11 is 0. The number of hydrogen-bond acceptors (Lipinski definition) is 1. The van der Waals surface area contributed by atoms with Crippen LogP contribution in [-0.2, 0) is 11.2 Å². The summed E-state index contributed by atoms with van der Waals surface area (Å²) < 4.78 is 0. The van der Waals surface area contributed by atoms with Crippen LogP contribution in [0.15, 0.2) is 55.1 Å². The molecular formula is C17H14O2. The van der Waals surface area contributed by atoms with Crippen molar-refractivity contribution in [2.24, 2.45) is 0 Å². The number of carboxylic acid groups (broad SMARTS) is 1. The number of hydrogen-bond donors (Lipinski definition) is 1. The van der Waals surface area contributed by atoms with Crippen molar-refractivity contribution in [3.05, 3.63) is 71.8 Å². The highest BCUT2D eigenvalue weighted by molar-refractivity contribution is 5.84. The minimum absolute atomic E-state index is 0.635. The molecule has 0 bridgehead atoms. The molecule has 0 aromatic heterocycles. The van der Waals surface area contributed by atoms with Gasteiger partial charge in [0.15, 0.2) is 0 Å². The highest BCUT2D eigenvalue weighted by Gasteiger charge is 2.25. The molecule has 0 heterocycles. The Morgan fingerprint density at radius 2 is 1.89 bits per heavy atom. The van der Waals surface area contributed by atoms with Gasteiger partial charge in [-0.1, -0.05) is 48.5 Å². The number of carboxylic acids is 1. The molecule has 19 heavy (non-hydrogen) atoms. The maximum atomic E-state index is 11.3. The molecule has 2 heteroatoms. The van der Waals surface area contributed by atoms with Crippen molar-refractivity contribution in [2.45, 2.75) is 12.3 Å². The number of aliphatic carboxylic acids is 1. The van der Waals surface area contributed by atoms with E-state index >= 15 is 0 Å². The van der Waals surface area contributed by atoms with Crippen molar-refractivity contribution >= 4 is 5.97 Å². The Kier molecular flexibility index (Phi) is 2.71. The summed E-state index contributed by atoms with van der Waals surface area (Å²) in [6, 6.07) is 14.1. The maximum absolute atomic E-state index is 11.3. The number of fused-ring (bicyclic) bond motifs is 3. The van der Waals surface area contributed by atoms with Gasteiger partial charge in [0.1, 0.15) is 0 Å². The lowest BCUT2D eigenvalue weighted by Gasteiger charge is -2.13. The molecule has 0 fully saturated rings. The SMILES string of the molecule is C=CC(C(=O)O)c1cccc2c1Cc1ccccc1-2. The van der Waals surface area contributed by atoms with Crippen molar-refractivity contribution in [1.82, 2.24) is 0 Å². The van der Waals surface area contributed by atoms with Crippen LogP contribution in [0.4, 0.5) is 0 Å².